The molecule has 0 N–H and O–H groups in total. The molecule has 4 rings (SSSR count). The van der Waals surface area contributed by atoms with Gasteiger partial charge in [0, 0.05) is 0 Å². The summed E-state index contributed by atoms with van der Waals surface area (Å²) in [6.45, 7) is 0. The molecule has 24 heavy (non-hydrogen) atoms. The van der Waals surface area contributed by atoms with Crippen LogP contribution in [0.5, 0.6) is 0 Å². The smallest absolute Gasteiger partial charge is 0.360 e. The van der Waals surface area contributed by atoms with Gasteiger partial charge in [-0.1, -0.05) is 42.5 Å². The van der Waals surface area contributed by atoms with Crippen LogP contribution < -0.4 is 0 Å². The number of carbonyl (C=O) groups is 3. The number of fused-ring (bicyclic) bond motifs is 3. The highest BCUT2D eigenvalue weighted by atomic mass is 16.8. The normalized spacial score (nSPS) is 19.2. The molecule has 0 saturated carbocycles. The minimum Gasteiger partial charge on any atom is -0.360 e. The standard InChI is InChI=1S/C19H14O5/c20-17-10-13(18(21)24-19(22)23-17)8-11-5-3-7-15-14-6-2-1-4-12(14)9-16(11)15/h1-7,13H,8-10H2. The number of benzene rings is 2. The lowest BCUT2D eigenvalue weighted by atomic mass is 9.91. The first-order chi connectivity index (χ1) is 11.6. The van der Waals surface area contributed by atoms with E-state index in [-0.39, 0.29) is 6.42 Å². The molecule has 1 atom stereocenters. The molecule has 5 heteroatoms. The molecule has 1 aliphatic heterocycles. The highest BCUT2D eigenvalue weighted by Gasteiger charge is 2.33. The van der Waals surface area contributed by atoms with E-state index in [2.05, 4.69) is 27.7 Å². The third kappa shape index (κ3) is 2.48. The maximum Gasteiger partial charge on any atom is 0.524 e. The molecule has 0 amide bonds. The second-order valence-electron chi connectivity index (χ2n) is 6.03. The fourth-order valence-electron chi connectivity index (χ4n) is 3.44. The van der Waals surface area contributed by atoms with Crippen molar-refractivity contribution in [1.29, 1.82) is 0 Å². The Morgan fingerprint density at radius 2 is 1.71 bits per heavy atom. The number of ether oxygens (including phenoxy) is 2. The van der Waals surface area contributed by atoms with Crippen LogP contribution in [0.15, 0.2) is 42.5 Å². The second-order valence-corrected chi connectivity index (χ2v) is 6.03. The van der Waals surface area contributed by atoms with Crippen LogP contribution in [0, 0.1) is 5.92 Å². The summed E-state index contributed by atoms with van der Waals surface area (Å²) < 4.78 is 8.90. The van der Waals surface area contributed by atoms with Crippen LogP contribution in [0.3, 0.4) is 0 Å². The average molecular weight is 322 g/mol. The summed E-state index contributed by atoms with van der Waals surface area (Å²) >= 11 is 0. The lowest BCUT2D eigenvalue weighted by Gasteiger charge is -2.13. The van der Waals surface area contributed by atoms with Gasteiger partial charge in [-0.3, -0.25) is 9.59 Å². The Bertz CT molecular complexity index is 868. The molecule has 2 aromatic rings. The van der Waals surface area contributed by atoms with Gasteiger partial charge in [0.25, 0.3) is 0 Å². The number of carbonyl (C=O) groups excluding carboxylic acids is 3. The Kier molecular flexibility index (Phi) is 3.41. The summed E-state index contributed by atoms with van der Waals surface area (Å²) in [7, 11) is 0. The number of hydrogen-bond acceptors (Lipinski definition) is 5. The van der Waals surface area contributed by atoms with Crippen LogP contribution in [0.4, 0.5) is 4.79 Å². The van der Waals surface area contributed by atoms with Crippen molar-refractivity contribution in [2.75, 3.05) is 0 Å². The molecule has 1 saturated heterocycles. The summed E-state index contributed by atoms with van der Waals surface area (Å²) in [4.78, 5) is 34.7. The minimum atomic E-state index is -1.24. The number of esters is 2. The second kappa shape index (κ2) is 5.60. The van der Waals surface area contributed by atoms with Crippen molar-refractivity contribution in [1.82, 2.24) is 0 Å². The van der Waals surface area contributed by atoms with E-state index < -0.39 is 24.0 Å². The van der Waals surface area contributed by atoms with E-state index in [9.17, 15) is 14.4 Å². The van der Waals surface area contributed by atoms with E-state index in [1.807, 2.05) is 24.3 Å². The Hall–Kier alpha value is -2.95. The molecule has 2 aromatic carbocycles. The zero-order valence-corrected chi connectivity index (χ0v) is 12.8. The molecule has 0 aromatic heterocycles. The summed E-state index contributed by atoms with van der Waals surface area (Å²) in [5, 5.41) is 0. The van der Waals surface area contributed by atoms with E-state index >= 15 is 0 Å². The lowest BCUT2D eigenvalue weighted by Crippen LogP contribution is -2.20. The largest absolute Gasteiger partial charge is 0.524 e. The predicted octanol–water partition coefficient (Wildman–Crippen LogP) is 3.03. The van der Waals surface area contributed by atoms with Crippen molar-refractivity contribution >= 4 is 18.1 Å². The summed E-state index contributed by atoms with van der Waals surface area (Å²) in [5.41, 5.74) is 5.76. The monoisotopic (exact) mass is 322 g/mol. The van der Waals surface area contributed by atoms with Gasteiger partial charge in [-0.25, -0.2) is 4.79 Å². The molecule has 120 valence electrons. The Morgan fingerprint density at radius 1 is 0.917 bits per heavy atom. The molecule has 5 nitrogen and oxygen atoms in total. The average Bonchev–Trinajstić information content (AvgIpc) is 2.88. The zero-order valence-electron chi connectivity index (χ0n) is 12.8. The highest BCUT2D eigenvalue weighted by Crippen LogP contribution is 2.39. The molecule has 2 aliphatic rings. The van der Waals surface area contributed by atoms with Crippen molar-refractivity contribution in [3.63, 3.8) is 0 Å². The van der Waals surface area contributed by atoms with Crippen LogP contribution in [0.1, 0.15) is 23.1 Å². The molecule has 0 bridgehead atoms. The van der Waals surface area contributed by atoms with Crippen molar-refractivity contribution in [3.05, 3.63) is 59.2 Å². The van der Waals surface area contributed by atoms with Gasteiger partial charge in [-0.05, 0) is 40.7 Å². The zero-order chi connectivity index (χ0) is 16.7. The quantitative estimate of drug-likeness (QED) is 0.536. The molecular formula is C19H14O5. The third-order valence-corrected chi connectivity index (χ3v) is 4.54. The lowest BCUT2D eigenvalue weighted by molar-refractivity contribution is -0.142. The van der Waals surface area contributed by atoms with Gasteiger partial charge in [-0.15, -0.1) is 0 Å². The van der Waals surface area contributed by atoms with E-state index in [1.54, 1.807) is 0 Å². The Balaban J connectivity index is 1.66. The van der Waals surface area contributed by atoms with Crippen LogP contribution in [-0.2, 0) is 31.9 Å². The number of rotatable bonds is 2. The van der Waals surface area contributed by atoms with Gasteiger partial charge < -0.3 is 9.47 Å². The van der Waals surface area contributed by atoms with Gasteiger partial charge >= 0.3 is 18.1 Å². The van der Waals surface area contributed by atoms with E-state index in [4.69, 9.17) is 0 Å². The molecule has 0 spiro atoms. The SMILES string of the molecule is O=C1CC(Cc2cccc3c2Cc2ccccc2-3)C(=O)OC(=O)O1. The van der Waals surface area contributed by atoms with Crippen molar-refractivity contribution < 1.29 is 23.9 Å². The molecular weight excluding hydrogens is 308 g/mol. The minimum absolute atomic E-state index is 0.152. The summed E-state index contributed by atoms with van der Waals surface area (Å²) in [5.74, 6) is -2.15. The number of cyclic esters (lactones) is 4. The number of hydrogen-bond donors (Lipinski definition) is 0. The van der Waals surface area contributed by atoms with Gasteiger partial charge in [-0.2, -0.15) is 0 Å². The topological polar surface area (TPSA) is 69.7 Å². The van der Waals surface area contributed by atoms with Gasteiger partial charge in [0.1, 0.15) is 0 Å². The molecule has 0 radical (unpaired) electrons. The van der Waals surface area contributed by atoms with Crippen LogP contribution in [0.25, 0.3) is 11.1 Å². The Morgan fingerprint density at radius 3 is 2.58 bits per heavy atom. The third-order valence-electron chi connectivity index (χ3n) is 4.54. The first-order valence-electron chi connectivity index (χ1n) is 7.77. The van der Waals surface area contributed by atoms with Crippen LogP contribution >= 0.6 is 0 Å². The fraction of sp³-hybridized carbons (Fsp3) is 0.211. The fourth-order valence-corrected chi connectivity index (χ4v) is 3.44. The first kappa shape index (κ1) is 14.6. The van der Waals surface area contributed by atoms with E-state index in [1.165, 1.54) is 11.1 Å². The van der Waals surface area contributed by atoms with Gasteiger partial charge in [0.15, 0.2) is 0 Å². The van der Waals surface area contributed by atoms with Crippen molar-refractivity contribution in [3.8, 4) is 11.1 Å². The summed E-state index contributed by atoms with van der Waals surface area (Å²) in [6.07, 6.45) is -0.245. The maximum absolute atomic E-state index is 12.0. The molecule has 1 aliphatic carbocycles. The van der Waals surface area contributed by atoms with E-state index in [0.29, 0.717) is 6.42 Å². The van der Waals surface area contributed by atoms with Gasteiger partial charge in [0.05, 0.1) is 12.3 Å². The summed E-state index contributed by atoms with van der Waals surface area (Å²) in [6, 6.07) is 14.2. The van der Waals surface area contributed by atoms with Crippen molar-refractivity contribution in [2.24, 2.45) is 5.92 Å². The first-order valence-corrected chi connectivity index (χ1v) is 7.77. The van der Waals surface area contributed by atoms with Gasteiger partial charge in [0.2, 0.25) is 0 Å². The molecule has 1 fully saturated rings. The van der Waals surface area contributed by atoms with Crippen LogP contribution in [0.2, 0.25) is 0 Å². The molecule has 1 unspecified atom stereocenters. The van der Waals surface area contributed by atoms with Crippen molar-refractivity contribution in [2.45, 2.75) is 19.3 Å². The Labute approximate surface area is 138 Å². The molecule has 1 heterocycles. The predicted molar refractivity (Wildman–Crippen MR) is 84.1 cm³/mol. The maximum atomic E-state index is 12.0. The highest BCUT2D eigenvalue weighted by molar-refractivity contribution is 5.94. The van der Waals surface area contributed by atoms with E-state index in [0.717, 1.165) is 23.1 Å². The van der Waals surface area contributed by atoms with Crippen LogP contribution in [-0.4, -0.2) is 18.1 Å².